The number of amides is 1. The predicted molar refractivity (Wildman–Crippen MR) is 100.0 cm³/mol. The van der Waals surface area contributed by atoms with Crippen LogP contribution in [0.4, 0.5) is 5.69 Å². The topological polar surface area (TPSA) is 53.6 Å². The van der Waals surface area contributed by atoms with Crippen LogP contribution in [0.2, 0.25) is 0 Å². The SMILES string of the molecule is COc1ccc(C(C(=O)Nc2ccccc2C)N2CCNCC2)cc1. The first-order valence-corrected chi connectivity index (χ1v) is 8.64. The van der Waals surface area contributed by atoms with Gasteiger partial charge in [0.15, 0.2) is 0 Å². The number of rotatable bonds is 5. The number of anilines is 1. The van der Waals surface area contributed by atoms with Crippen molar-refractivity contribution in [2.45, 2.75) is 13.0 Å². The Morgan fingerprint density at radius 2 is 1.80 bits per heavy atom. The second-order valence-corrected chi connectivity index (χ2v) is 6.27. The van der Waals surface area contributed by atoms with Gasteiger partial charge in [0.05, 0.1) is 7.11 Å². The molecule has 0 bridgehead atoms. The van der Waals surface area contributed by atoms with Gasteiger partial charge in [-0.25, -0.2) is 0 Å². The Morgan fingerprint density at radius 3 is 2.44 bits per heavy atom. The number of hydrogen-bond acceptors (Lipinski definition) is 4. The lowest BCUT2D eigenvalue weighted by Gasteiger charge is -2.34. The highest BCUT2D eigenvalue weighted by Gasteiger charge is 2.29. The molecule has 0 aromatic heterocycles. The Morgan fingerprint density at radius 1 is 1.12 bits per heavy atom. The normalized spacial score (nSPS) is 16.2. The summed E-state index contributed by atoms with van der Waals surface area (Å²) in [5, 5.41) is 6.45. The van der Waals surface area contributed by atoms with Crippen LogP contribution in [0.15, 0.2) is 48.5 Å². The maximum atomic E-state index is 13.1. The number of carbonyl (C=O) groups excluding carboxylic acids is 1. The first-order chi connectivity index (χ1) is 12.2. The molecule has 1 heterocycles. The minimum Gasteiger partial charge on any atom is -0.497 e. The highest BCUT2D eigenvalue weighted by atomic mass is 16.5. The van der Waals surface area contributed by atoms with Gasteiger partial charge in [0.2, 0.25) is 5.91 Å². The molecule has 1 fully saturated rings. The van der Waals surface area contributed by atoms with E-state index in [4.69, 9.17) is 4.74 Å². The van der Waals surface area contributed by atoms with Crippen molar-refractivity contribution in [2.24, 2.45) is 0 Å². The van der Waals surface area contributed by atoms with E-state index in [1.165, 1.54) is 0 Å². The predicted octanol–water partition coefficient (Wildman–Crippen LogP) is 2.59. The molecule has 1 atom stereocenters. The Hall–Kier alpha value is -2.37. The lowest BCUT2D eigenvalue weighted by molar-refractivity contribution is -0.121. The zero-order valence-electron chi connectivity index (χ0n) is 14.8. The van der Waals surface area contributed by atoms with Gasteiger partial charge in [0.25, 0.3) is 0 Å². The summed E-state index contributed by atoms with van der Waals surface area (Å²) >= 11 is 0. The fourth-order valence-electron chi connectivity index (χ4n) is 3.17. The Balaban J connectivity index is 1.86. The summed E-state index contributed by atoms with van der Waals surface area (Å²) < 4.78 is 5.24. The molecule has 25 heavy (non-hydrogen) atoms. The summed E-state index contributed by atoms with van der Waals surface area (Å²) in [6.45, 7) is 5.48. The summed E-state index contributed by atoms with van der Waals surface area (Å²) in [7, 11) is 1.65. The molecule has 2 aromatic carbocycles. The van der Waals surface area contributed by atoms with E-state index < -0.39 is 0 Å². The van der Waals surface area contributed by atoms with Crippen LogP contribution >= 0.6 is 0 Å². The third-order valence-electron chi connectivity index (χ3n) is 4.60. The van der Waals surface area contributed by atoms with Crippen LogP contribution < -0.4 is 15.4 Å². The van der Waals surface area contributed by atoms with Crippen LogP contribution in [0.25, 0.3) is 0 Å². The van der Waals surface area contributed by atoms with Gasteiger partial charge in [-0.05, 0) is 36.2 Å². The number of carbonyl (C=O) groups is 1. The molecule has 132 valence electrons. The van der Waals surface area contributed by atoms with Crippen molar-refractivity contribution in [3.8, 4) is 5.75 Å². The van der Waals surface area contributed by atoms with Crippen molar-refractivity contribution in [3.05, 3.63) is 59.7 Å². The van der Waals surface area contributed by atoms with Crippen LogP contribution in [-0.2, 0) is 4.79 Å². The lowest BCUT2D eigenvalue weighted by Crippen LogP contribution is -2.48. The third kappa shape index (κ3) is 4.18. The van der Waals surface area contributed by atoms with E-state index in [2.05, 4.69) is 15.5 Å². The Kier molecular flexibility index (Phi) is 5.68. The number of piperazine rings is 1. The van der Waals surface area contributed by atoms with Crippen LogP contribution in [0.1, 0.15) is 17.2 Å². The molecular weight excluding hydrogens is 314 g/mol. The van der Waals surface area contributed by atoms with Gasteiger partial charge in [-0.15, -0.1) is 0 Å². The van der Waals surface area contributed by atoms with Crippen molar-refractivity contribution in [2.75, 3.05) is 38.6 Å². The summed E-state index contributed by atoms with van der Waals surface area (Å²) in [6, 6.07) is 15.3. The second-order valence-electron chi connectivity index (χ2n) is 6.27. The number of methoxy groups -OCH3 is 1. The lowest BCUT2D eigenvalue weighted by atomic mass is 10.0. The molecule has 0 saturated carbocycles. The smallest absolute Gasteiger partial charge is 0.246 e. The van der Waals surface area contributed by atoms with E-state index in [-0.39, 0.29) is 11.9 Å². The minimum atomic E-state index is -0.312. The van der Waals surface area contributed by atoms with Crippen molar-refractivity contribution in [3.63, 3.8) is 0 Å². The number of aryl methyl sites for hydroxylation is 1. The molecule has 1 unspecified atom stereocenters. The molecule has 0 radical (unpaired) electrons. The van der Waals surface area contributed by atoms with Gasteiger partial charge in [-0.3, -0.25) is 9.69 Å². The number of hydrogen-bond donors (Lipinski definition) is 2. The quantitative estimate of drug-likeness (QED) is 0.879. The molecule has 1 saturated heterocycles. The van der Waals surface area contributed by atoms with Gasteiger partial charge in [0, 0.05) is 31.9 Å². The minimum absolute atomic E-state index is 0.00127. The largest absolute Gasteiger partial charge is 0.497 e. The van der Waals surface area contributed by atoms with E-state index in [9.17, 15) is 4.79 Å². The summed E-state index contributed by atoms with van der Waals surface area (Å²) in [5.74, 6) is 0.795. The van der Waals surface area contributed by atoms with Crippen molar-refractivity contribution >= 4 is 11.6 Å². The molecule has 1 aliphatic rings. The summed E-state index contributed by atoms with van der Waals surface area (Å²) in [5.41, 5.74) is 2.90. The van der Waals surface area contributed by atoms with E-state index in [1.54, 1.807) is 7.11 Å². The van der Waals surface area contributed by atoms with Gasteiger partial charge >= 0.3 is 0 Å². The number of ether oxygens (including phenoxy) is 1. The molecule has 1 aliphatic heterocycles. The molecule has 2 N–H and O–H groups in total. The highest BCUT2D eigenvalue weighted by Crippen LogP contribution is 2.26. The van der Waals surface area contributed by atoms with Gasteiger partial charge < -0.3 is 15.4 Å². The monoisotopic (exact) mass is 339 g/mol. The van der Waals surface area contributed by atoms with Crippen LogP contribution in [0, 0.1) is 6.92 Å². The van der Waals surface area contributed by atoms with Gasteiger partial charge in [-0.1, -0.05) is 30.3 Å². The molecule has 0 spiro atoms. The third-order valence-corrected chi connectivity index (χ3v) is 4.60. The maximum absolute atomic E-state index is 13.1. The van der Waals surface area contributed by atoms with E-state index in [1.807, 2.05) is 55.5 Å². The molecule has 2 aromatic rings. The van der Waals surface area contributed by atoms with Crippen LogP contribution in [0.5, 0.6) is 5.75 Å². The Labute approximate surface area is 149 Å². The molecule has 5 heteroatoms. The zero-order valence-corrected chi connectivity index (χ0v) is 14.8. The highest BCUT2D eigenvalue weighted by molar-refractivity contribution is 5.96. The fraction of sp³-hybridized carbons (Fsp3) is 0.350. The van der Waals surface area contributed by atoms with Crippen molar-refractivity contribution in [1.82, 2.24) is 10.2 Å². The standard InChI is InChI=1S/C20H25N3O2/c1-15-5-3-4-6-18(15)22-20(24)19(23-13-11-21-12-14-23)16-7-9-17(25-2)10-8-16/h3-10,19,21H,11-14H2,1-2H3,(H,22,24). The summed E-state index contributed by atoms with van der Waals surface area (Å²) in [6.07, 6.45) is 0. The number of para-hydroxylation sites is 1. The second kappa shape index (κ2) is 8.14. The summed E-state index contributed by atoms with van der Waals surface area (Å²) in [4.78, 5) is 15.3. The van der Waals surface area contributed by atoms with E-state index in [0.29, 0.717) is 0 Å². The molecule has 1 amide bonds. The Bertz CT molecular complexity index is 709. The van der Waals surface area contributed by atoms with Crippen molar-refractivity contribution in [1.29, 1.82) is 0 Å². The average Bonchev–Trinajstić information content (AvgIpc) is 2.65. The van der Waals surface area contributed by atoms with Gasteiger partial charge in [-0.2, -0.15) is 0 Å². The number of benzene rings is 2. The number of nitrogens with one attached hydrogen (secondary N) is 2. The first kappa shape index (κ1) is 17.5. The molecule has 0 aliphatic carbocycles. The maximum Gasteiger partial charge on any atom is 0.246 e. The molecule has 5 nitrogen and oxygen atoms in total. The van der Waals surface area contributed by atoms with Crippen LogP contribution in [-0.4, -0.2) is 44.1 Å². The molecule has 3 rings (SSSR count). The van der Waals surface area contributed by atoms with Gasteiger partial charge in [0.1, 0.15) is 11.8 Å². The van der Waals surface area contributed by atoms with E-state index in [0.717, 1.165) is 48.7 Å². The molecular formula is C20H25N3O2. The van der Waals surface area contributed by atoms with E-state index >= 15 is 0 Å². The average molecular weight is 339 g/mol. The first-order valence-electron chi connectivity index (χ1n) is 8.64. The fourth-order valence-corrected chi connectivity index (χ4v) is 3.17. The van der Waals surface area contributed by atoms with Crippen LogP contribution in [0.3, 0.4) is 0 Å². The number of nitrogens with zero attached hydrogens (tertiary/aromatic N) is 1. The van der Waals surface area contributed by atoms with Crippen molar-refractivity contribution < 1.29 is 9.53 Å². The zero-order chi connectivity index (χ0) is 17.6.